The monoisotopic (exact) mass is 318 g/mol. The lowest BCUT2D eigenvalue weighted by atomic mass is 10.2. The first-order valence-electron chi connectivity index (χ1n) is 5.65. The van der Waals surface area contributed by atoms with Crippen molar-refractivity contribution in [1.29, 1.82) is 0 Å². The lowest BCUT2D eigenvalue weighted by Gasteiger charge is -2.13. The molecule has 0 atom stereocenters. The standard InChI is InChI=1S/C11H12ClFN4O2S/c1-6(2)17-10(15-16-11(17)20(14,18)19)7-3-4-9(13)8(12)5-7/h3-6H,1-2H3,(H2,14,18,19). The van der Waals surface area contributed by atoms with Crippen molar-refractivity contribution in [3.8, 4) is 11.4 Å². The molecule has 0 radical (unpaired) electrons. The van der Waals surface area contributed by atoms with Crippen LogP contribution in [0.25, 0.3) is 11.4 Å². The zero-order chi connectivity index (χ0) is 15.1. The molecule has 0 saturated carbocycles. The molecule has 0 aliphatic heterocycles. The Morgan fingerprint density at radius 1 is 1.35 bits per heavy atom. The summed E-state index contributed by atoms with van der Waals surface area (Å²) in [5.74, 6) is -0.316. The largest absolute Gasteiger partial charge is 0.294 e. The Bertz CT molecular complexity index is 758. The highest BCUT2D eigenvalue weighted by atomic mass is 35.5. The van der Waals surface area contributed by atoms with Gasteiger partial charge in [-0.1, -0.05) is 11.6 Å². The summed E-state index contributed by atoms with van der Waals surface area (Å²) in [5.41, 5.74) is 0.451. The van der Waals surface area contributed by atoms with E-state index in [-0.39, 0.29) is 22.0 Å². The zero-order valence-corrected chi connectivity index (χ0v) is 12.3. The number of nitrogens with zero attached hydrogens (tertiary/aromatic N) is 3. The molecule has 0 bridgehead atoms. The average Bonchev–Trinajstić information content (AvgIpc) is 2.77. The SMILES string of the molecule is CC(C)n1c(-c2ccc(F)c(Cl)c2)nnc1S(N)(=O)=O. The molecule has 0 amide bonds. The number of primary sulfonamides is 1. The van der Waals surface area contributed by atoms with Crippen molar-refractivity contribution in [2.75, 3.05) is 0 Å². The fraction of sp³-hybridized carbons (Fsp3) is 0.273. The van der Waals surface area contributed by atoms with Crippen molar-refractivity contribution < 1.29 is 12.8 Å². The second kappa shape index (κ2) is 5.12. The molecule has 0 fully saturated rings. The van der Waals surface area contributed by atoms with Crippen LogP contribution in [-0.2, 0) is 10.0 Å². The Kier molecular flexibility index (Phi) is 3.81. The molecular formula is C11H12ClFN4O2S. The van der Waals surface area contributed by atoms with E-state index in [9.17, 15) is 12.8 Å². The summed E-state index contributed by atoms with van der Waals surface area (Å²) in [5, 5.41) is 12.1. The van der Waals surface area contributed by atoms with Crippen LogP contribution < -0.4 is 5.14 Å². The van der Waals surface area contributed by atoms with Gasteiger partial charge < -0.3 is 0 Å². The van der Waals surface area contributed by atoms with Crippen molar-refractivity contribution in [2.45, 2.75) is 25.0 Å². The van der Waals surface area contributed by atoms with Crippen molar-refractivity contribution in [1.82, 2.24) is 14.8 Å². The third-order valence-corrected chi connectivity index (χ3v) is 3.69. The number of benzene rings is 1. The maximum absolute atomic E-state index is 13.2. The van der Waals surface area contributed by atoms with Crippen molar-refractivity contribution in [3.05, 3.63) is 29.0 Å². The number of sulfonamides is 1. The number of halogens is 2. The van der Waals surface area contributed by atoms with Crippen LogP contribution in [0.1, 0.15) is 19.9 Å². The normalized spacial score (nSPS) is 12.1. The van der Waals surface area contributed by atoms with E-state index in [4.69, 9.17) is 16.7 Å². The van der Waals surface area contributed by atoms with Crippen molar-refractivity contribution in [2.24, 2.45) is 5.14 Å². The Morgan fingerprint density at radius 2 is 2.00 bits per heavy atom. The van der Waals surface area contributed by atoms with E-state index < -0.39 is 15.8 Å². The zero-order valence-electron chi connectivity index (χ0n) is 10.7. The second-order valence-corrected chi connectivity index (χ2v) is 6.31. The summed E-state index contributed by atoms with van der Waals surface area (Å²) in [6, 6.07) is 3.72. The summed E-state index contributed by atoms with van der Waals surface area (Å²) >= 11 is 5.72. The van der Waals surface area contributed by atoms with Gasteiger partial charge in [0.1, 0.15) is 5.82 Å². The van der Waals surface area contributed by atoms with Gasteiger partial charge in [-0.05, 0) is 32.0 Å². The van der Waals surface area contributed by atoms with E-state index in [1.54, 1.807) is 13.8 Å². The fourth-order valence-corrected chi connectivity index (χ4v) is 2.68. The van der Waals surface area contributed by atoms with Gasteiger partial charge in [-0.15, -0.1) is 10.2 Å². The van der Waals surface area contributed by atoms with Crippen molar-refractivity contribution >= 4 is 21.6 Å². The van der Waals surface area contributed by atoms with Crippen LogP contribution in [0.5, 0.6) is 0 Å². The van der Waals surface area contributed by atoms with Crippen LogP contribution in [0.15, 0.2) is 23.4 Å². The van der Waals surface area contributed by atoms with Gasteiger partial charge in [0.2, 0.25) is 0 Å². The lowest BCUT2D eigenvalue weighted by molar-refractivity contribution is 0.524. The van der Waals surface area contributed by atoms with Crippen LogP contribution >= 0.6 is 11.6 Å². The maximum atomic E-state index is 13.2. The van der Waals surface area contributed by atoms with Crippen LogP contribution in [0.3, 0.4) is 0 Å². The predicted molar refractivity (Wildman–Crippen MR) is 72.2 cm³/mol. The second-order valence-electron chi connectivity index (χ2n) is 4.44. The smallest absolute Gasteiger partial charge is 0.273 e. The summed E-state index contributed by atoms with van der Waals surface area (Å²) < 4.78 is 37.5. The highest BCUT2D eigenvalue weighted by molar-refractivity contribution is 7.89. The van der Waals surface area contributed by atoms with E-state index in [2.05, 4.69) is 10.2 Å². The minimum Gasteiger partial charge on any atom is -0.294 e. The number of hydrogen-bond donors (Lipinski definition) is 1. The predicted octanol–water partition coefficient (Wildman–Crippen LogP) is 1.97. The van der Waals surface area contributed by atoms with Crippen LogP contribution in [0.4, 0.5) is 4.39 Å². The van der Waals surface area contributed by atoms with Crippen molar-refractivity contribution in [3.63, 3.8) is 0 Å². The van der Waals surface area contributed by atoms with E-state index in [1.807, 2.05) is 0 Å². The molecule has 1 aromatic carbocycles. The molecule has 1 heterocycles. The number of hydrogen-bond acceptors (Lipinski definition) is 4. The number of aromatic nitrogens is 3. The average molecular weight is 319 g/mol. The molecule has 20 heavy (non-hydrogen) atoms. The van der Waals surface area contributed by atoms with Gasteiger partial charge in [-0.25, -0.2) is 17.9 Å². The first-order chi connectivity index (χ1) is 9.21. The van der Waals surface area contributed by atoms with Gasteiger partial charge in [-0.2, -0.15) is 0 Å². The van der Waals surface area contributed by atoms with Crippen LogP contribution in [-0.4, -0.2) is 23.2 Å². The van der Waals surface area contributed by atoms with Crippen LogP contribution in [0, 0.1) is 5.82 Å². The minimum atomic E-state index is -4.00. The van der Waals surface area contributed by atoms with Gasteiger partial charge in [0.25, 0.3) is 15.2 Å². The Hall–Kier alpha value is -1.51. The molecule has 0 aliphatic rings. The van der Waals surface area contributed by atoms with Gasteiger partial charge in [0.05, 0.1) is 5.02 Å². The molecule has 108 valence electrons. The van der Waals surface area contributed by atoms with E-state index >= 15 is 0 Å². The number of nitrogens with two attached hydrogens (primary N) is 1. The highest BCUT2D eigenvalue weighted by Crippen LogP contribution is 2.27. The molecule has 0 saturated heterocycles. The fourth-order valence-electron chi connectivity index (χ4n) is 1.77. The highest BCUT2D eigenvalue weighted by Gasteiger charge is 2.24. The van der Waals surface area contributed by atoms with Gasteiger partial charge >= 0.3 is 0 Å². The molecule has 0 unspecified atom stereocenters. The van der Waals surface area contributed by atoms with E-state index in [1.165, 1.54) is 22.8 Å². The third-order valence-electron chi connectivity index (χ3n) is 2.61. The summed E-state index contributed by atoms with van der Waals surface area (Å²) in [6.45, 7) is 3.51. The molecular weight excluding hydrogens is 307 g/mol. The number of rotatable bonds is 3. The molecule has 6 nitrogen and oxygen atoms in total. The molecule has 1 aromatic heterocycles. The first-order valence-corrected chi connectivity index (χ1v) is 7.57. The third kappa shape index (κ3) is 2.67. The molecule has 2 N–H and O–H groups in total. The summed E-state index contributed by atoms with van der Waals surface area (Å²) in [4.78, 5) is 0. The van der Waals surface area contributed by atoms with Crippen LogP contribution in [0.2, 0.25) is 5.02 Å². The summed E-state index contributed by atoms with van der Waals surface area (Å²) in [6.07, 6.45) is 0. The lowest BCUT2D eigenvalue weighted by Crippen LogP contribution is -2.20. The molecule has 0 aliphatic carbocycles. The Labute approximate surface area is 120 Å². The summed E-state index contributed by atoms with van der Waals surface area (Å²) in [7, 11) is -4.00. The van der Waals surface area contributed by atoms with E-state index in [0.717, 1.165) is 0 Å². The molecule has 9 heteroatoms. The minimum absolute atomic E-state index is 0.0852. The Morgan fingerprint density at radius 3 is 2.50 bits per heavy atom. The topological polar surface area (TPSA) is 90.9 Å². The molecule has 2 aromatic rings. The molecule has 2 rings (SSSR count). The van der Waals surface area contributed by atoms with Gasteiger partial charge in [0, 0.05) is 11.6 Å². The first kappa shape index (κ1) is 14.9. The van der Waals surface area contributed by atoms with E-state index in [0.29, 0.717) is 5.56 Å². The quantitative estimate of drug-likeness (QED) is 0.936. The molecule has 0 spiro atoms. The Balaban J connectivity index is 2.69. The van der Waals surface area contributed by atoms with Gasteiger partial charge in [-0.3, -0.25) is 4.57 Å². The van der Waals surface area contributed by atoms with Gasteiger partial charge in [0.15, 0.2) is 5.82 Å². The maximum Gasteiger partial charge on any atom is 0.273 e.